The van der Waals surface area contributed by atoms with E-state index in [1.807, 2.05) is 17.5 Å². The fourth-order valence-corrected chi connectivity index (χ4v) is 2.89. The molecule has 16 heavy (non-hydrogen) atoms. The van der Waals surface area contributed by atoms with Gasteiger partial charge in [-0.3, -0.25) is 4.99 Å². The predicted molar refractivity (Wildman–Crippen MR) is 67.1 cm³/mol. The molecule has 3 heterocycles. The van der Waals surface area contributed by atoms with Gasteiger partial charge in [-0.2, -0.15) is 0 Å². The molecule has 0 aromatic carbocycles. The second-order valence-corrected chi connectivity index (χ2v) is 5.10. The molecule has 7 heteroatoms. The van der Waals surface area contributed by atoms with E-state index >= 15 is 0 Å². The zero-order valence-corrected chi connectivity index (χ0v) is 9.94. The summed E-state index contributed by atoms with van der Waals surface area (Å²) in [5, 5.41) is 18.2. The van der Waals surface area contributed by atoms with Crippen LogP contribution in [0.2, 0.25) is 0 Å². The Hall–Kier alpha value is -1.47. The molecule has 0 atom stereocenters. The summed E-state index contributed by atoms with van der Waals surface area (Å²) in [4.78, 5) is 5.38. The number of aromatic nitrogens is 2. The van der Waals surface area contributed by atoms with E-state index < -0.39 is 0 Å². The quantitative estimate of drug-likeness (QED) is 0.851. The first-order valence-corrected chi connectivity index (χ1v) is 6.54. The predicted octanol–water partition coefficient (Wildman–Crippen LogP) is 1.64. The third-order valence-electron chi connectivity index (χ3n) is 2.06. The van der Waals surface area contributed by atoms with E-state index in [1.165, 1.54) is 11.3 Å². The van der Waals surface area contributed by atoms with Crippen molar-refractivity contribution in [2.75, 3.05) is 18.4 Å². The minimum absolute atomic E-state index is 0.775. The van der Waals surface area contributed by atoms with Gasteiger partial charge in [-0.25, -0.2) is 0 Å². The van der Waals surface area contributed by atoms with Gasteiger partial charge < -0.3 is 10.6 Å². The van der Waals surface area contributed by atoms with Crippen molar-refractivity contribution < 1.29 is 0 Å². The first kappa shape index (κ1) is 9.73. The van der Waals surface area contributed by atoms with E-state index in [-0.39, 0.29) is 0 Å². The van der Waals surface area contributed by atoms with E-state index in [2.05, 4.69) is 25.8 Å². The smallest absolute Gasteiger partial charge is 0.212 e. The maximum absolute atomic E-state index is 4.24. The van der Waals surface area contributed by atoms with Gasteiger partial charge in [0.25, 0.3) is 0 Å². The summed E-state index contributed by atoms with van der Waals surface area (Å²) in [6.07, 6.45) is 0. The van der Waals surface area contributed by atoms with Gasteiger partial charge in [0.1, 0.15) is 0 Å². The van der Waals surface area contributed by atoms with Crippen molar-refractivity contribution in [1.82, 2.24) is 15.5 Å². The van der Waals surface area contributed by atoms with Crippen LogP contribution in [0.15, 0.2) is 22.5 Å². The Labute approximate surface area is 100 Å². The minimum Gasteiger partial charge on any atom is -0.354 e. The molecule has 3 rings (SSSR count). The zero-order valence-electron chi connectivity index (χ0n) is 8.30. The van der Waals surface area contributed by atoms with Crippen molar-refractivity contribution >= 4 is 33.8 Å². The molecule has 2 aromatic rings. The summed E-state index contributed by atoms with van der Waals surface area (Å²) in [5.74, 6) is 0.786. The van der Waals surface area contributed by atoms with E-state index in [4.69, 9.17) is 0 Å². The van der Waals surface area contributed by atoms with Crippen molar-refractivity contribution in [1.29, 1.82) is 0 Å². The van der Waals surface area contributed by atoms with Crippen LogP contribution in [0, 0.1) is 0 Å². The molecule has 0 saturated carbocycles. The van der Waals surface area contributed by atoms with Gasteiger partial charge in [0, 0.05) is 6.54 Å². The van der Waals surface area contributed by atoms with Crippen LogP contribution >= 0.6 is 22.7 Å². The molecule has 0 spiro atoms. The molecule has 5 nitrogen and oxygen atoms in total. The average molecular weight is 251 g/mol. The maximum atomic E-state index is 4.24. The van der Waals surface area contributed by atoms with E-state index in [0.717, 1.165) is 34.1 Å². The van der Waals surface area contributed by atoms with Gasteiger partial charge in [-0.15, -0.1) is 21.5 Å². The van der Waals surface area contributed by atoms with E-state index in [9.17, 15) is 0 Å². The second-order valence-electron chi connectivity index (χ2n) is 3.17. The topological polar surface area (TPSA) is 62.2 Å². The van der Waals surface area contributed by atoms with Crippen LogP contribution in [0.1, 0.15) is 0 Å². The number of thiophene rings is 1. The molecule has 0 aliphatic carbocycles. The third kappa shape index (κ3) is 1.91. The molecular weight excluding hydrogens is 242 g/mol. The molecule has 0 radical (unpaired) electrons. The molecule has 0 amide bonds. The first-order valence-electron chi connectivity index (χ1n) is 4.84. The summed E-state index contributed by atoms with van der Waals surface area (Å²) >= 11 is 3.20. The van der Waals surface area contributed by atoms with Crippen molar-refractivity contribution in [3.05, 3.63) is 17.5 Å². The number of nitrogens with one attached hydrogen (secondary N) is 2. The van der Waals surface area contributed by atoms with Crippen LogP contribution in [0.4, 0.5) is 5.13 Å². The molecular formula is C9H9N5S2. The minimum atomic E-state index is 0.775. The molecule has 2 N–H and O–H groups in total. The fourth-order valence-electron chi connectivity index (χ4n) is 1.36. The van der Waals surface area contributed by atoms with Gasteiger partial charge in [-0.1, -0.05) is 17.4 Å². The molecule has 0 unspecified atom stereocenters. The normalized spacial score (nSPS) is 14.6. The van der Waals surface area contributed by atoms with E-state index in [0.29, 0.717) is 0 Å². The SMILES string of the molecule is c1csc(-c2nnc(NC3=NCCN3)s2)c1. The van der Waals surface area contributed by atoms with Crippen LogP contribution < -0.4 is 10.6 Å². The Morgan fingerprint density at radius 1 is 1.38 bits per heavy atom. The van der Waals surface area contributed by atoms with Crippen molar-refractivity contribution in [3.8, 4) is 9.88 Å². The maximum Gasteiger partial charge on any atom is 0.212 e. The van der Waals surface area contributed by atoms with Crippen LogP contribution in [-0.4, -0.2) is 29.2 Å². The molecule has 1 aliphatic rings. The lowest BCUT2D eigenvalue weighted by molar-refractivity contribution is 0.958. The highest BCUT2D eigenvalue weighted by atomic mass is 32.1. The van der Waals surface area contributed by atoms with Gasteiger partial charge in [0.2, 0.25) is 5.13 Å². The lowest BCUT2D eigenvalue weighted by Crippen LogP contribution is -2.26. The zero-order chi connectivity index (χ0) is 10.8. The summed E-state index contributed by atoms with van der Waals surface area (Å²) in [6.45, 7) is 1.71. The van der Waals surface area contributed by atoms with Crippen LogP contribution in [0.25, 0.3) is 9.88 Å². The average Bonchev–Trinajstić information content (AvgIpc) is 2.99. The summed E-state index contributed by atoms with van der Waals surface area (Å²) in [7, 11) is 0. The van der Waals surface area contributed by atoms with Crippen LogP contribution in [0.3, 0.4) is 0 Å². The Balaban J connectivity index is 1.77. The van der Waals surface area contributed by atoms with Gasteiger partial charge in [0.05, 0.1) is 11.4 Å². The number of aliphatic imine (C=N–C) groups is 1. The van der Waals surface area contributed by atoms with Crippen molar-refractivity contribution in [2.45, 2.75) is 0 Å². The van der Waals surface area contributed by atoms with E-state index in [1.54, 1.807) is 11.3 Å². The lowest BCUT2D eigenvalue weighted by atomic mass is 10.5. The number of hydrogen-bond donors (Lipinski definition) is 2. The molecule has 0 fully saturated rings. The fraction of sp³-hybridized carbons (Fsp3) is 0.222. The Bertz CT molecular complexity index is 502. The number of rotatable bonds is 2. The number of anilines is 1. The largest absolute Gasteiger partial charge is 0.354 e. The van der Waals surface area contributed by atoms with Crippen molar-refractivity contribution in [3.63, 3.8) is 0 Å². The highest BCUT2D eigenvalue weighted by Crippen LogP contribution is 2.29. The highest BCUT2D eigenvalue weighted by Gasteiger charge is 2.10. The molecule has 0 bridgehead atoms. The number of nitrogens with zero attached hydrogens (tertiary/aromatic N) is 3. The Kier molecular flexibility index (Phi) is 2.55. The summed E-state index contributed by atoms with van der Waals surface area (Å²) in [6, 6.07) is 4.05. The molecule has 82 valence electrons. The second kappa shape index (κ2) is 4.18. The van der Waals surface area contributed by atoms with Crippen LogP contribution in [-0.2, 0) is 0 Å². The van der Waals surface area contributed by atoms with Gasteiger partial charge >= 0.3 is 0 Å². The summed E-state index contributed by atoms with van der Waals surface area (Å²) in [5.41, 5.74) is 0. The summed E-state index contributed by atoms with van der Waals surface area (Å²) < 4.78 is 0. The molecule has 2 aromatic heterocycles. The van der Waals surface area contributed by atoms with Crippen LogP contribution in [0.5, 0.6) is 0 Å². The van der Waals surface area contributed by atoms with Crippen molar-refractivity contribution in [2.24, 2.45) is 4.99 Å². The third-order valence-corrected chi connectivity index (χ3v) is 3.93. The standard InChI is InChI=1S/C9H9N5S2/c1-2-6(15-5-1)7-13-14-9(16-7)12-8-10-3-4-11-8/h1-2,5H,3-4H2,(H2,10,11,12,14). The van der Waals surface area contributed by atoms with Gasteiger partial charge in [-0.05, 0) is 11.4 Å². The number of guanidine groups is 1. The van der Waals surface area contributed by atoms with Gasteiger partial charge in [0.15, 0.2) is 11.0 Å². The lowest BCUT2D eigenvalue weighted by Gasteiger charge is -1.99. The Morgan fingerprint density at radius 2 is 2.38 bits per heavy atom. The monoisotopic (exact) mass is 251 g/mol. The first-order chi connectivity index (χ1) is 7.92. The number of hydrogen-bond acceptors (Lipinski definition) is 7. The molecule has 1 aliphatic heterocycles. The molecule has 0 saturated heterocycles. The highest BCUT2D eigenvalue weighted by molar-refractivity contribution is 7.23. The Morgan fingerprint density at radius 3 is 3.12 bits per heavy atom.